The van der Waals surface area contributed by atoms with Gasteiger partial charge in [0, 0.05) is 29.2 Å². The van der Waals surface area contributed by atoms with Crippen LogP contribution in [0, 0.1) is 13.8 Å². The maximum Gasteiger partial charge on any atom is 0.261 e. The summed E-state index contributed by atoms with van der Waals surface area (Å²) in [5.41, 5.74) is 8.09. The van der Waals surface area contributed by atoms with Crippen molar-refractivity contribution in [3.63, 3.8) is 0 Å². The van der Waals surface area contributed by atoms with E-state index in [2.05, 4.69) is 10.3 Å². The van der Waals surface area contributed by atoms with E-state index in [1.165, 1.54) is 12.3 Å². The fourth-order valence-corrected chi connectivity index (χ4v) is 1.98. The van der Waals surface area contributed by atoms with Crippen molar-refractivity contribution in [3.8, 4) is 0 Å². The largest absolute Gasteiger partial charge is 0.389 e. The Morgan fingerprint density at radius 1 is 1.29 bits per heavy atom. The van der Waals surface area contributed by atoms with E-state index in [9.17, 15) is 9.59 Å². The number of nitrogens with one attached hydrogen (secondary N) is 2. The lowest BCUT2D eigenvalue weighted by molar-refractivity contribution is 0.102. The molecule has 6 heteroatoms. The molecular weight excluding hydrogens is 286 g/mol. The van der Waals surface area contributed by atoms with Crippen molar-refractivity contribution in [1.29, 1.82) is 0 Å². The SMILES string of the molecule is Cc1cc(=O)c(C(=O)Nc2cc(C(N)=S)ccc2C)c[nH]1. The van der Waals surface area contributed by atoms with Gasteiger partial charge in [0.1, 0.15) is 10.6 Å². The van der Waals surface area contributed by atoms with E-state index in [1.807, 2.05) is 13.0 Å². The zero-order chi connectivity index (χ0) is 15.6. The number of amides is 1. The van der Waals surface area contributed by atoms with Gasteiger partial charge in [-0.3, -0.25) is 9.59 Å². The summed E-state index contributed by atoms with van der Waals surface area (Å²) in [5, 5.41) is 2.71. The Morgan fingerprint density at radius 3 is 2.62 bits per heavy atom. The lowest BCUT2D eigenvalue weighted by Crippen LogP contribution is -2.22. The molecule has 0 unspecified atom stereocenters. The molecule has 0 bridgehead atoms. The lowest BCUT2D eigenvalue weighted by Gasteiger charge is -2.10. The molecule has 0 saturated heterocycles. The maximum atomic E-state index is 12.2. The molecule has 0 saturated carbocycles. The van der Waals surface area contributed by atoms with Crippen LogP contribution in [-0.4, -0.2) is 15.9 Å². The summed E-state index contributed by atoms with van der Waals surface area (Å²) in [6.07, 6.45) is 1.40. The molecule has 0 radical (unpaired) electrons. The number of aromatic nitrogens is 1. The van der Waals surface area contributed by atoms with E-state index >= 15 is 0 Å². The van der Waals surface area contributed by atoms with Gasteiger partial charge in [-0.1, -0.05) is 24.4 Å². The highest BCUT2D eigenvalue weighted by atomic mass is 32.1. The minimum Gasteiger partial charge on any atom is -0.389 e. The summed E-state index contributed by atoms with van der Waals surface area (Å²) < 4.78 is 0. The molecule has 1 heterocycles. The van der Waals surface area contributed by atoms with Gasteiger partial charge in [0.25, 0.3) is 5.91 Å². The van der Waals surface area contributed by atoms with Gasteiger partial charge in [0.2, 0.25) is 0 Å². The first-order valence-corrected chi connectivity index (χ1v) is 6.70. The summed E-state index contributed by atoms with van der Waals surface area (Å²) in [6.45, 7) is 3.59. The Bertz CT molecular complexity index is 781. The second-order valence-corrected chi connectivity index (χ2v) is 5.18. The van der Waals surface area contributed by atoms with Crippen LogP contribution >= 0.6 is 12.2 Å². The van der Waals surface area contributed by atoms with Crippen LogP contribution in [-0.2, 0) is 0 Å². The standard InChI is InChI=1S/C15H15N3O2S/c1-8-3-4-10(14(16)21)6-12(8)18-15(20)11-7-17-9(2)5-13(11)19/h3-7H,1-2H3,(H2,16,21)(H,17,19)(H,18,20). The number of carbonyl (C=O) groups excluding carboxylic acids is 1. The fraction of sp³-hybridized carbons (Fsp3) is 0.133. The van der Waals surface area contributed by atoms with Gasteiger partial charge >= 0.3 is 0 Å². The third-order valence-corrected chi connectivity index (χ3v) is 3.31. The Morgan fingerprint density at radius 2 is 2.00 bits per heavy atom. The predicted molar refractivity (Wildman–Crippen MR) is 86.8 cm³/mol. The molecule has 108 valence electrons. The van der Waals surface area contributed by atoms with Gasteiger partial charge in [0.05, 0.1) is 0 Å². The van der Waals surface area contributed by atoms with Crippen LogP contribution in [0.15, 0.2) is 35.3 Å². The monoisotopic (exact) mass is 301 g/mol. The average Bonchev–Trinajstić information content (AvgIpc) is 2.40. The molecule has 1 aromatic carbocycles. The highest BCUT2D eigenvalue weighted by Crippen LogP contribution is 2.17. The normalized spacial score (nSPS) is 10.2. The second-order valence-electron chi connectivity index (χ2n) is 4.74. The van der Waals surface area contributed by atoms with Crippen molar-refractivity contribution in [2.75, 3.05) is 5.32 Å². The van der Waals surface area contributed by atoms with Crippen LogP contribution in [0.2, 0.25) is 0 Å². The Labute approximate surface area is 127 Å². The highest BCUT2D eigenvalue weighted by Gasteiger charge is 2.12. The minimum absolute atomic E-state index is 0.0562. The first-order chi connectivity index (χ1) is 9.88. The number of hydrogen-bond donors (Lipinski definition) is 3. The van der Waals surface area contributed by atoms with Crippen LogP contribution in [0.4, 0.5) is 5.69 Å². The molecule has 5 nitrogen and oxygen atoms in total. The van der Waals surface area contributed by atoms with Crippen molar-refractivity contribution in [3.05, 3.63) is 63.1 Å². The van der Waals surface area contributed by atoms with Crippen molar-refractivity contribution < 1.29 is 4.79 Å². The number of pyridine rings is 1. The zero-order valence-electron chi connectivity index (χ0n) is 11.7. The summed E-state index contributed by atoms with van der Waals surface area (Å²) in [7, 11) is 0. The number of thiocarbonyl (C=S) groups is 1. The van der Waals surface area contributed by atoms with E-state index < -0.39 is 5.91 Å². The number of rotatable bonds is 3. The number of aryl methyl sites for hydroxylation is 2. The van der Waals surface area contributed by atoms with Gasteiger partial charge in [-0.15, -0.1) is 0 Å². The zero-order valence-corrected chi connectivity index (χ0v) is 12.5. The quantitative estimate of drug-likeness (QED) is 0.755. The third-order valence-electron chi connectivity index (χ3n) is 3.07. The summed E-state index contributed by atoms with van der Waals surface area (Å²) >= 11 is 4.92. The van der Waals surface area contributed by atoms with Crippen molar-refractivity contribution in [2.45, 2.75) is 13.8 Å². The van der Waals surface area contributed by atoms with Gasteiger partial charge in [0.15, 0.2) is 5.43 Å². The Kier molecular flexibility index (Phi) is 4.18. The molecule has 0 fully saturated rings. The van der Waals surface area contributed by atoms with E-state index in [1.54, 1.807) is 19.1 Å². The van der Waals surface area contributed by atoms with E-state index in [0.29, 0.717) is 16.9 Å². The van der Waals surface area contributed by atoms with Crippen LogP contribution in [0.5, 0.6) is 0 Å². The molecule has 2 aromatic rings. The summed E-state index contributed by atoms with van der Waals surface area (Å²) in [4.78, 5) is 27.1. The highest BCUT2D eigenvalue weighted by molar-refractivity contribution is 7.80. The number of carbonyl (C=O) groups is 1. The van der Waals surface area contributed by atoms with Crippen LogP contribution in [0.1, 0.15) is 27.2 Å². The first-order valence-electron chi connectivity index (χ1n) is 6.29. The van der Waals surface area contributed by atoms with Gasteiger partial charge in [-0.25, -0.2) is 0 Å². The fourth-order valence-electron chi connectivity index (χ4n) is 1.85. The average molecular weight is 301 g/mol. The number of nitrogens with two attached hydrogens (primary N) is 1. The second kappa shape index (κ2) is 5.88. The molecule has 0 spiro atoms. The predicted octanol–water partition coefficient (Wildman–Crippen LogP) is 1.88. The lowest BCUT2D eigenvalue weighted by atomic mass is 10.1. The van der Waals surface area contributed by atoms with Gasteiger partial charge in [-0.2, -0.15) is 0 Å². The smallest absolute Gasteiger partial charge is 0.261 e. The molecule has 0 aliphatic rings. The van der Waals surface area contributed by atoms with E-state index in [4.69, 9.17) is 18.0 Å². The summed E-state index contributed by atoms with van der Waals surface area (Å²) in [5.74, 6) is -0.473. The van der Waals surface area contributed by atoms with Crippen LogP contribution in [0.25, 0.3) is 0 Å². The maximum absolute atomic E-state index is 12.2. The first kappa shape index (κ1) is 14.9. The van der Waals surface area contributed by atoms with Crippen molar-refractivity contribution >= 4 is 28.8 Å². The Hall–Kier alpha value is -2.47. The minimum atomic E-state index is -0.473. The number of aromatic amines is 1. The molecular formula is C15H15N3O2S. The third kappa shape index (κ3) is 3.35. The molecule has 0 atom stereocenters. The van der Waals surface area contributed by atoms with E-state index in [-0.39, 0.29) is 16.0 Å². The summed E-state index contributed by atoms with van der Waals surface area (Å²) in [6, 6.07) is 6.67. The number of benzene rings is 1. The van der Waals surface area contributed by atoms with E-state index in [0.717, 1.165) is 5.56 Å². The molecule has 4 N–H and O–H groups in total. The molecule has 1 aromatic heterocycles. The van der Waals surface area contributed by atoms with Crippen molar-refractivity contribution in [2.24, 2.45) is 5.73 Å². The Balaban J connectivity index is 2.33. The molecule has 0 aliphatic heterocycles. The molecule has 21 heavy (non-hydrogen) atoms. The van der Waals surface area contributed by atoms with Gasteiger partial charge < -0.3 is 16.0 Å². The molecule has 2 rings (SSSR count). The topological polar surface area (TPSA) is 88.0 Å². The van der Waals surface area contributed by atoms with Gasteiger partial charge in [-0.05, 0) is 25.5 Å². The molecule has 0 aliphatic carbocycles. The van der Waals surface area contributed by atoms with Crippen molar-refractivity contribution in [1.82, 2.24) is 4.98 Å². The van der Waals surface area contributed by atoms with Crippen LogP contribution < -0.4 is 16.5 Å². The number of H-pyrrole nitrogens is 1. The molecule has 1 amide bonds. The number of anilines is 1. The number of hydrogen-bond acceptors (Lipinski definition) is 3. The van der Waals surface area contributed by atoms with Crippen LogP contribution in [0.3, 0.4) is 0 Å².